The van der Waals surface area contributed by atoms with Gasteiger partial charge >= 0.3 is 0 Å². The van der Waals surface area contributed by atoms with Gasteiger partial charge < -0.3 is 4.90 Å². The molecule has 0 radical (unpaired) electrons. The van der Waals surface area contributed by atoms with Gasteiger partial charge in [-0.3, -0.25) is 14.9 Å². The second-order valence-corrected chi connectivity index (χ2v) is 7.31. The number of non-ortho nitro benzene ring substituents is 1. The molecule has 0 bridgehead atoms. The molecule has 24 heavy (non-hydrogen) atoms. The molecule has 0 fully saturated rings. The molecule has 0 saturated carbocycles. The molecule has 1 heterocycles. The van der Waals surface area contributed by atoms with E-state index in [9.17, 15) is 14.9 Å². The number of aryl methyl sites for hydroxylation is 1. The van der Waals surface area contributed by atoms with Crippen LogP contribution in [0.25, 0.3) is 0 Å². The lowest BCUT2D eigenvalue weighted by Gasteiger charge is -2.29. The first-order valence-corrected chi connectivity index (χ1v) is 9.29. The Morgan fingerprint density at radius 1 is 1.29 bits per heavy atom. The number of nitro benzene ring substituents is 1. The highest BCUT2D eigenvalue weighted by Crippen LogP contribution is 2.32. The third-order valence-electron chi connectivity index (χ3n) is 3.88. The zero-order chi connectivity index (χ0) is 17.1. The van der Waals surface area contributed by atoms with Crippen molar-refractivity contribution in [1.82, 2.24) is 0 Å². The zero-order valence-corrected chi connectivity index (χ0v) is 15.2. The number of nitro groups is 1. The quantitative estimate of drug-likeness (QED) is 0.427. The van der Waals surface area contributed by atoms with Crippen LogP contribution in [0.1, 0.15) is 12.0 Å². The Labute approximate surface area is 152 Å². The summed E-state index contributed by atoms with van der Waals surface area (Å²) in [7, 11) is 0. The smallest absolute Gasteiger partial charge is 0.269 e. The first kappa shape index (κ1) is 17.0. The number of fused-ring (bicyclic) bond motifs is 1. The Balaban J connectivity index is 1.75. The summed E-state index contributed by atoms with van der Waals surface area (Å²) in [5, 5.41) is 10.9. The van der Waals surface area contributed by atoms with Gasteiger partial charge in [-0.1, -0.05) is 12.1 Å². The van der Waals surface area contributed by atoms with Crippen LogP contribution in [0.5, 0.6) is 0 Å². The van der Waals surface area contributed by atoms with Crippen molar-refractivity contribution in [3.63, 3.8) is 0 Å². The molecule has 2 aromatic carbocycles. The van der Waals surface area contributed by atoms with Crippen molar-refractivity contribution < 1.29 is 9.72 Å². The van der Waals surface area contributed by atoms with Crippen LogP contribution in [0.2, 0.25) is 0 Å². The average Bonchev–Trinajstić information content (AvgIpc) is 2.59. The Morgan fingerprint density at radius 2 is 2.08 bits per heavy atom. The molecule has 0 atom stereocenters. The van der Waals surface area contributed by atoms with E-state index < -0.39 is 4.92 Å². The van der Waals surface area contributed by atoms with Crippen LogP contribution in [-0.2, 0) is 11.2 Å². The van der Waals surface area contributed by atoms with E-state index in [4.69, 9.17) is 0 Å². The van der Waals surface area contributed by atoms with Gasteiger partial charge in [0.15, 0.2) is 0 Å². The van der Waals surface area contributed by atoms with Gasteiger partial charge in [-0.15, -0.1) is 11.8 Å². The van der Waals surface area contributed by atoms with E-state index in [2.05, 4.69) is 15.9 Å². The van der Waals surface area contributed by atoms with Crippen LogP contribution < -0.4 is 4.90 Å². The minimum Gasteiger partial charge on any atom is -0.311 e. The van der Waals surface area contributed by atoms with Crippen LogP contribution >= 0.6 is 27.7 Å². The lowest BCUT2D eigenvalue weighted by molar-refractivity contribution is -0.384. The normalized spacial score (nSPS) is 13.5. The van der Waals surface area contributed by atoms with Gasteiger partial charge in [0, 0.05) is 33.7 Å². The fourth-order valence-corrected chi connectivity index (χ4v) is 4.18. The third kappa shape index (κ3) is 3.62. The molecule has 1 aliphatic heterocycles. The van der Waals surface area contributed by atoms with Crippen LogP contribution in [0.15, 0.2) is 51.8 Å². The van der Waals surface area contributed by atoms with Gasteiger partial charge in [0.1, 0.15) is 0 Å². The molecule has 7 heteroatoms. The standard InChI is InChI=1S/C17H15BrN2O3S/c18-14-5-1-2-6-16(14)24-11-17(21)19-9-3-4-12-10-13(20(22)23)7-8-15(12)19/h1-2,5-8,10H,3-4,9,11H2. The van der Waals surface area contributed by atoms with Gasteiger partial charge in [0.05, 0.1) is 10.7 Å². The molecular weight excluding hydrogens is 392 g/mol. The van der Waals surface area contributed by atoms with Crippen LogP contribution in [-0.4, -0.2) is 23.1 Å². The summed E-state index contributed by atoms with van der Waals surface area (Å²) in [6.45, 7) is 0.653. The zero-order valence-electron chi connectivity index (χ0n) is 12.8. The molecule has 3 rings (SSSR count). The SMILES string of the molecule is O=C(CSc1ccccc1Br)N1CCCc2cc([N+](=O)[O-])ccc21. The number of rotatable bonds is 4. The van der Waals surface area contributed by atoms with E-state index >= 15 is 0 Å². The number of hydrogen-bond donors (Lipinski definition) is 0. The van der Waals surface area contributed by atoms with Crippen LogP contribution in [0.3, 0.4) is 0 Å². The van der Waals surface area contributed by atoms with Gasteiger partial charge in [-0.2, -0.15) is 0 Å². The molecule has 0 aromatic heterocycles. The maximum Gasteiger partial charge on any atom is 0.269 e. The topological polar surface area (TPSA) is 63.5 Å². The van der Waals surface area contributed by atoms with E-state index in [0.29, 0.717) is 12.3 Å². The van der Waals surface area contributed by atoms with Crippen molar-refractivity contribution in [3.8, 4) is 0 Å². The predicted molar refractivity (Wildman–Crippen MR) is 98.6 cm³/mol. The summed E-state index contributed by atoms with van der Waals surface area (Å²) in [6, 6.07) is 12.5. The summed E-state index contributed by atoms with van der Waals surface area (Å²) >= 11 is 4.97. The molecule has 1 amide bonds. The molecule has 0 saturated heterocycles. The summed E-state index contributed by atoms with van der Waals surface area (Å²) in [5.74, 6) is 0.351. The van der Waals surface area contributed by atoms with Crippen molar-refractivity contribution in [3.05, 3.63) is 62.6 Å². The first-order valence-electron chi connectivity index (χ1n) is 7.51. The van der Waals surface area contributed by atoms with Crippen molar-refractivity contribution in [1.29, 1.82) is 0 Å². The average molecular weight is 407 g/mol. The van der Waals surface area contributed by atoms with E-state index in [0.717, 1.165) is 33.5 Å². The third-order valence-corrected chi connectivity index (χ3v) is 5.89. The van der Waals surface area contributed by atoms with Crippen molar-refractivity contribution in [2.75, 3.05) is 17.2 Å². The lowest BCUT2D eigenvalue weighted by Crippen LogP contribution is -2.36. The molecule has 2 aromatic rings. The van der Waals surface area contributed by atoms with Crippen LogP contribution in [0, 0.1) is 10.1 Å². The highest BCUT2D eigenvalue weighted by molar-refractivity contribution is 9.10. The molecule has 0 aliphatic carbocycles. The van der Waals surface area contributed by atoms with Crippen molar-refractivity contribution in [2.45, 2.75) is 17.7 Å². The largest absolute Gasteiger partial charge is 0.311 e. The molecular formula is C17H15BrN2O3S. The van der Waals surface area contributed by atoms with Crippen molar-refractivity contribution >= 4 is 45.0 Å². The minimum atomic E-state index is -0.399. The number of halogens is 1. The Kier molecular flexibility index (Phi) is 5.20. The number of benzene rings is 2. The van der Waals surface area contributed by atoms with Gasteiger partial charge in [0.25, 0.3) is 5.69 Å². The number of anilines is 1. The van der Waals surface area contributed by atoms with E-state index in [1.807, 2.05) is 24.3 Å². The highest BCUT2D eigenvalue weighted by Gasteiger charge is 2.24. The number of hydrogen-bond acceptors (Lipinski definition) is 4. The molecule has 124 valence electrons. The maximum absolute atomic E-state index is 12.6. The highest BCUT2D eigenvalue weighted by atomic mass is 79.9. The number of nitrogens with zero attached hydrogens (tertiary/aromatic N) is 2. The lowest BCUT2D eigenvalue weighted by atomic mass is 10.0. The molecule has 0 spiro atoms. The Hall–Kier alpha value is -1.86. The van der Waals surface area contributed by atoms with Gasteiger partial charge in [0.2, 0.25) is 5.91 Å². The van der Waals surface area contributed by atoms with E-state index in [1.165, 1.54) is 17.8 Å². The summed E-state index contributed by atoms with van der Waals surface area (Å²) in [4.78, 5) is 25.9. The molecule has 1 aliphatic rings. The molecule has 0 unspecified atom stereocenters. The first-order chi connectivity index (χ1) is 11.6. The summed E-state index contributed by atoms with van der Waals surface area (Å²) in [5.41, 5.74) is 1.74. The Bertz CT molecular complexity index is 797. The summed E-state index contributed by atoms with van der Waals surface area (Å²) in [6.07, 6.45) is 1.58. The van der Waals surface area contributed by atoms with Gasteiger partial charge in [-0.25, -0.2) is 0 Å². The van der Waals surface area contributed by atoms with Gasteiger partial charge in [-0.05, 0) is 52.5 Å². The molecule has 5 nitrogen and oxygen atoms in total. The Morgan fingerprint density at radius 3 is 2.83 bits per heavy atom. The number of amides is 1. The fourth-order valence-electron chi connectivity index (χ4n) is 2.74. The predicted octanol–water partition coefficient (Wildman–Crippen LogP) is 4.43. The summed E-state index contributed by atoms with van der Waals surface area (Å²) < 4.78 is 0.970. The second-order valence-electron chi connectivity index (χ2n) is 5.44. The monoisotopic (exact) mass is 406 g/mol. The number of carbonyl (C=O) groups is 1. The van der Waals surface area contributed by atoms with E-state index in [-0.39, 0.29) is 11.6 Å². The maximum atomic E-state index is 12.6. The number of carbonyl (C=O) groups excluding carboxylic acids is 1. The minimum absolute atomic E-state index is 0.0190. The second kappa shape index (κ2) is 7.36. The van der Waals surface area contributed by atoms with Crippen LogP contribution in [0.4, 0.5) is 11.4 Å². The number of thioether (sulfide) groups is 1. The van der Waals surface area contributed by atoms with E-state index in [1.54, 1.807) is 17.0 Å². The molecule has 0 N–H and O–H groups in total. The van der Waals surface area contributed by atoms with Crippen molar-refractivity contribution in [2.24, 2.45) is 0 Å². The fraction of sp³-hybridized carbons (Fsp3) is 0.235.